The highest BCUT2D eigenvalue weighted by atomic mass is 79.9. The van der Waals surface area contributed by atoms with Crippen molar-refractivity contribution in [3.63, 3.8) is 0 Å². The number of furan rings is 1. The summed E-state index contributed by atoms with van der Waals surface area (Å²) in [6, 6.07) is 1.52. The first-order valence-corrected chi connectivity index (χ1v) is 7.03. The highest BCUT2D eigenvalue weighted by molar-refractivity contribution is 9.10. The number of carboxylic acid groups (broad SMARTS) is 1. The van der Waals surface area contributed by atoms with Crippen molar-refractivity contribution in [3.8, 4) is 0 Å². The van der Waals surface area contributed by atoms with Crippen LogP contribution in [0.4, 0.5) is 0 Å². The van der Waals surface area contributed by atoms with Crippen molar-refractivity contribution in [2.24, 2.45) is 5.92 Å². The summed E-state index contributed by atoms with van der Waals surface area (Å²) < 4.78 is 5.31. The molecule has 0 spiro atoms. The molecule has 0 aliphatic heterocycles. The van der Waals surface area contributed by atoms with Crippen LogP contribution in [0.15, 0.2) is 21.4 Å². The Bertz CT molecular complexity index is 499. The largest absolute Gasteiger partial charge is 0.480 e. The Labute approximate surface area is 119 Å². The van der Waals surface area contributed by atoms with E-state index in [0.29, 0.717) is 23.1 Å². The first-order chi connectivity index (χ1) is 8.94. The predicted octanol–water partition coefficient (Wildman–Crippen LogP) is 2.81. The van der Waals surface area contributed by atoms with Crippen molar-refractivity contribution in [2.75, 3.05) is 0 Å². The molecular formula is C13H16BrNO4. The fourth-order valence-electron chi connectivity index (χ4n) is 2.65. The molecule has 2 atom stereocenters. The summed E-state index contributed by atoms with van der Waals surface area (Å²) in [6.45, 7) is 2.01. The SMILES string of the molecule is CC1CCCC(NC(=O)c2ccoc2Br)(C(=O)O)C1. The molecule has 1 aromatic heterocycles. The van der Waals surface area contributed by atoms with Gasteiger partial charge in [-0.3, -0.25) is 4.79 Å². The number of amides is 1. The van der Waals surface area contributed by atoms with Crippen molar-refractivity contribution in [3.05, 3.63) is 22.6 Å². The molecule has 1 amide bonds. The zero-order chi connectivity index (χ0) is 14.0. The van der Waals surface area contributed by atoms with Crippen LogP contribution < -0.4 is 5.32 Å². The summed E-state index contributed by atoms with van der Waals surface area (Å²) in [7, 11) is 0. The van der Waals surface area contributed by atoms with E-state index in [4.69, 9.17) is 4.42 Å². The molecule has 0 radical (unpaired) electrons. The van der Waals surface area contributed by atoms with Crippen molar-refractivity contribution in [2.45, 2.75) is 38.1 Å². The van der Waals surface area contributed by atoms with Crippen LogP contribution in [0.1, 0.15) is 43.0 Å². The molecule has 0 aromatic carbocycles. The minimum absolute atomic E-state index is 0.290. The molecule has 2 unspecified atom stereocenters. The standard InChI is InChI=1S/C13H16BrNO4/c1-8-3-2-5-13(7-8,12(17)18)15-11(16)9-4-6-19-10(9)14/h4,6,8H,2-3,5,7H2,1H3,(H,15,16)(H,17,18). The molecule has 1 saturated carbocycles. The minimum Gasteiger partial charge on any atom is -0.480 e. The Hall–Kier alpha value is -1.30. The number of rotatable bonds is 3. The first-order valence-electron chi connectivity index (χ1n) is 6.23. The number of halogens is 1. The van der Waals surface area contributed by atoms with Crippen molar-refractivity contribution >= 4 is 27.8 Å². The van der Waals surface area contributed by atoms with E-state index in [0.717, 1.165) is 12.8 Å². The average molecular weight is 330 g/mol. The lowest BCUT2D eigenvalue weighted by molar-refractivity contribution is -0.146. The monoisotopic (exact) mass is 329 g/mol. The summed E-state index contributed by atoms with van der Waals surface area (Å²) in [5, 5.41) is 12.1. The van der Waals surface area contributed by atoms with E-state index < -0.39 is 17.4 Å². The third-order valence-corrected chi connectivity index (χ3v) is 4.24. The number of nitrogens with one attached hydrogen (secondary N) is 1. The second-order valence-electron chi connectivity index (χ2n) is 5.15. The Morgan fingerprint density at radius 2 is 2.32 bits per heavy atom. The summed E-state index contributed by atoms with van der Waals surface area (Å²) in [5.41, 5.74) is -0.843. The Kier molecular flexibility index (Phi) is 3.99. The van der Waals surface area contributed by atoms with E-state index in [1.807, 2.05) is 6.92 Å². The zero-order valence-electron chi connectivity index (χ0n) is 10.6. The van der Waals surface area contributed by atoms with Gasteiger partial charge in [-0.15, -0.1) is 0 Å². The van der Waals surface area contributed by atoms with Gasteiger partial charge in [-0.25, -0.2) is 4.79 Å². The normalized spacial score (nSPS) is 26.9. The van der Waals surface area contributed by atoms with Gasteiger partial charge in [0.05, 0.1) is 11.8 Å². The average Bonchev–Trinajstić information content (AvgIpc) is 2.75. The zero-order valence-corrected chi connectivity index (χ0v) is 12.2. The van der Waals surface area contributed by atoms with Gasteiger partial charge < -0.3 is 14.8 Å². The molecule has 0 saturated heterocycles. The van der Waals surface area contributed by atoms with E-state index in [9.17, 15) is 14.7 Å². The van der Waals surface area contributed by atoms with Gasteiger partial charge in [0.25, 0.3) is 5.91 Å². The van der Waals surface area contributed by atoms with E-state index in [1.165, 1.54) is 12.3 Å². The maximum atomic E-state index is 12.1. The molecule has 2 N–H and O–H groups in total. The number of carbonyl (C=O) groups is 2. The van der Waals surface area contributed by atoms with Crippen LogP contribution in [0.5, 0.6) is 0 Å². The molecule has 19 heavy (non-hydrogen) atoms. The number of carbonyl (C=O) groups excluding carboxylic acids is 1. The molecule has 6 heteroatoms. The number of carboxylic acids is 1. The van der Waals surface area contributed by atoms with Crippen molar-refractivity contribution in [1.29, 1.82) is 0 Å². The smallest absolute Gasteiger partial charge is 0.329 e. The molecule has 1 heterocycles. The lowest BCUT2D eigenvalue weighted by Crippen LogP contribution is -2.56. The van der Waals surface area contributed by atoms with Gasteiger partial charge in [0.15, 0.2) is 4.67 Å². The van der Waals surface area contributed by atoms with Crippen LogP contribution in [-0.4, -0.2) is 22.5 Å². The van der Waals surface area contributed by atoms with Crippen LogP contribution >= 0.6 is 15.9 Å². The van der Waals surface area contributed by atoms with E-state index in [-0.39, 0.29) is 5.92 Å². The van der Waals surface area contributed by atoms with Crippen LogP contribution in [0.2, 0.25) is 0 Å². The van der Waals surface area contributed by atoms with Gasteiger partial charge in [-0.1, -0.05) is 19.8 Å². The third kappa shape index (κ3) is 2.83. The van der Waals surface area contributed by atoms with Gasteiger partial charge in [0, 0.05) is 0 Å². The third-order valence-electron chi connectivity index (χ3n) is 3.62. The quantitative estimate of drug-likeness (QED) is 0.893. The van der Waals surface area contributed by atoms with Crippen LogP contribution in [0.25, 0.3) is 0 Å². The number of hydrogen-bond acceptors (Lipinski definition) is 3. The molecular weight excluding hydrogens is 314 g/mol. The molecule has 1 aromatic rings. The van der Waals surface area contributed by atoms with Gasteiger partial charge in [0.1, 0.15) is 5.54 Å². The minimum atomic E-state index is -1.16. The molecule has 1 aliphatic carbocycles. The Morgan fingerprint density at radius 1 is 1.58 bits per heavy atom. The summed E-state index contributed by atoms with van der Waals surface area (Å²) in [4.78, 5) is 23.7. The van der Waals surface area contributed by atoms with Gasteiger partial charge in [-0.2, -0.15) is 0 Å². The number of hydrogen-bond donors (Lipinski definition) is 2. The topological polar surface area (TPSA) is 79.5 Å². The summed E-state index contributed by atoms with van der Waals surface area (Å²) in [6.07, 6.45) is 4.12. The predicted molar refractivity (Wildman–Crippen MR) is 71.9 cm³/mol. The molecule has 104 valence electrons. The Balaban J connectivity index is 2.20. The van der Waals surface area contributed by atoms with E-state index in [2.05, 4.69) is 21.2 Å². The van der Waals surface area contributed by atoms with Crippen LogP contribution in [0.3, 0.4) is 0 Å². The van der Waals surface area contributed by atoms with Gasteiger partial charge in [-0.05, 0) is 40.8 Å². The maximum absolute atomic E-state index is 12.1. The molecule has 2 rings (SSSR count). The molecule has 5 nitrogen and oxygen atoms in total. The maximum Gasteiger partial charge on any atom is 0.329 e. The van der Waals surface area contributed by atoms with Gasteiger partial charge in [0.2, 0.25) is 0 Å². The lowest BCUT2D eigenvalue weighted by Gasteiger charge is -2.36. The second-order valence-corrected chi connectivity index (χ2v) is 5.87. The molecule has 1 fully saturated rings. The number of aliphatic carboxylic acids is 1. The summed E-state index contributed by atoms with van der Waals surface area (Å²) >= 11 is 3.12. The fraction of sp³-hybridized carbons (Fsp3) is 0.538. The lowest BCUT2D eigenvalue weighted by atomic mass is 9.76. The molecule has 1 aliphatic rings. The first kappa shape index (κ1) is 14.1. The highest BCUT2D eigenvalue weighted by Crippen LogP contribution is 2.33. The second kappa shape index (κ2) is 5.36. The fourth-order valence-corrected chi connectivity index (χ4v) is 3.07. The highest BCUT2D eigenvalue weighted by Gasteiger charge is 2.43. The molecule has 0 bridgehead atoms. The summed E-state index contributed by atoms with van der Waals surface area (Å²) in [5.74, 6) is -1.10. The van der Waals surface area contributed by atoms with Crippen LogP contribution in [-0.2, 0) is 4.79 Å². The van der Waals surface area contributed by atoms with Crippen LogP contribution in [0, 0.1) is 5.92 Å². The van der Waals surface area contributed by atoms with Crippen molar-refractivity contribution in [1.82, 2.24) is 5.32 Å². The van der Waals surface area contributed by atoms with Gasteiger partial charge >= 0.3 is 5.97 Å². The van der Waals surface area contributed by atoms with Crippen molar-refractivity contribution < 1.29 is 19.1 Å². The Morgan fingerprint density at radius 3 is 2.84 bits per heavy atom. The van der Waals surface area contributed by atoms with E-state index in [1.54, 1.807) is 0 Å². The van der Waals surface area contributed by atoms with E-state index >= 15 is 0 Å².